The molecule has 2 saturated carbocycles. The van der Waals surface area contributed by atoms with E-state index in [9.17, 15) is 14.9 Å². The number of aryl methyl sites for hydroxylation is 1. The zero-order valence-electron chi connectivity index (χ0n) is 13.4. The summed E-state index contributed by atoms with van der Waals surface area (Å²) in [4.78, 5) is 22.6. The van der Waals surface area contributed by atoms with Gasteiger partial charge in [-0.05, 0) is 51.0 Å². The molecule has 3 unspecified atom stereocenters. The molecule has 0 heterocycles. The number of amides is 1. The summed E-state index contributed by atoms with van der Waals surface area (Å²) in [5.74, 6) is 1.60. The van der Waals surface area contributed by atoms with Gasteiger partial charge >= 0.3 is 0 Å². The topological polar surface area (TPSA) is 84.6 Å². The Bertz CT molecular complexity index is 684. The lowest BCUT2D eigenvalue weighted by molar-refractivity contribution is -0.385. The average molecular weight is 315 g/mol. The lowest BCUT2D eigenvalue weighted by atomic mass is 9.86. The fourth-order valence-electron chi connectivity index (χ4n) is 3.99. The molecule has 6 nitrogen and oxygen atoms in total. The predicted molar refractivity (Wildman–Crippen MR) is 87.3 cm³/mol. The number of hydrazone groups is 1. The van der Waals surface area contributed by atoms with Gasteiger partial charge in [0.15, 0.2) is 0 Å². The number of hydrogen-bond acceptors (Lipinski definition) is 4. The van der Waals surface area contributed by atoms with E-state index in [0.717, 1.165) is 11.6 Å². The van der Waals surface area contributed by atoms with Crippen molar-refractivity contribution in [2.45, 2.75) is 39.5 Å². The number of fused-ring (bicyclic) bond motifs is 2. The second kappa shape index (κ2) is 6.10. The van der Waals surface area contributed by atoms with Crippen LogP contribution in [-0.4, -0.2) is 16.5 Å². The third-order valence-electron chi connectivity index (χ3n) is 5.28. The molecule has 0 saturated heterocycles. The molecule has 2 bridgehead atoms. The third-order valence-corrected chi connectivity index (χ3v) is 5.28. The summed E-state index contributed by atoms with van der Waals surface area (Å²) >= 11 is 0. The maximum atomic E-state index is 12.2. The van der Waals surface area contributed by atoms with Crippen molar-refractivity contribution in [3.05, 3.63) is 39.4 Å². The van der Waals surface area contributed by atoms with Crippen molar-refractivity contribution in [1.82, 2.24) is 5.43 Å². The van der Waals surface area contributed by atoms with Gasteiger partial charge in [0.1, 0.15) is 0 Å². The maximum Gasteiger partial charge on any atom is 0.273 e. The molecular formula is C17H21N3O3. The van der Waals surface area contributed by atoms with E-state index in [1.807, 2.05) is 6.92 Å². The lowest BCUT2D eigenvalue weighted by Gasteiger charge is -2.21. The van der Waals surface area contributed by atoms with Crippen molar-refractivity contribution in [2.75, 3.05) is 0 Å². The number of hydrogen-bond donors (Lipinski definition) is 1. The minimum Gasteiger partial charge on any atom is -0.267 e. The summed E-state index contributed by atoms with van der Waals surface area (Å²) in [7, 11) is 0. The van der Waals surface area contributed by atoms with Crippen molar-refractivity contribution in [3.63, 3.8) is 0 Å². The molecule has 2 aliphatic carbocycles. The highest BCUT2D eigenvalue weighted by Gasteiger charge is 2.40. The Labute approximate surface area is 135 Å². The standard InChI is InChI=1S/C17H21N3O3/c1-10-3-5-14(9-16(10)20(22)23)17(21)19-18-11(2)15-8-12-4-6-13(15)7-12/h3,5,9,12-13,15H,4,6-8H2,1-2H3,(H,19,21). The maximum absolute atomic E-state index is 12.2. The predicted octanol–water partition coefficient (Wildman–Crippen LogP) is 3.45. The zero-order chi connectivity index (χ0) is 16.6. The van der Waals surface area contributed by atoms with Crippen molar-refractivity contribution in [2.24, 2.45) is 22.9 Å². The summed E-state index contributed by atoms with van der Waals surface area (Å²) < 4.78 is 0. The van der Waals surface area contributed by atoms with Crippen molar-refractivity contribution < 1.29 is 9.72 Å². The lowest BCUT2D eigenvalue weighted by Crippen LogP contribution is -2.24. The number of carbonyl (C=O) groups excluding carboxylic acids is 1. The van der Waals surface area contributed by atoms with E-state index in [2.05, 4.69) is 10.5 Å². The minimum atomic E-state index is -0.476. The van der Waals surface area contributed by atoms with Crippen molar-refractivity contribution in [3.8, 4) is 0 Å². The number of rotatable bonds is 4. The Hall–Kier alpha value is -2.24. The summed E-state index contributed by atoms with van der Waals surface area (Å²) in [6.45, 7) is 3.61. The second-order valence-corrected chi connectivity index (χ2v) is 6.73. The van der Waals surface area contributed by atoms with Crippen LogP contribution in [0.4, 0.5) is 5.69 Å². The van der Waals surface area contributed by atoms with E-state index in [0.29, 0.717) is 17.4 Å². The molecule has 1 aromatic rings. The quantitative estimate of drug-likeness (QED) is 0.524. The Morgan fingerprint density at radius 3 is 2.74 bits per heavy atom. The third kappa shape index (κ3) is 3.11. The molecule has 1 N–H and O–H groups in total. The van der Waals surface area contributed by atoms with Crippen LogP contribution in [0.3, 0.4) is 0 Å². The Morgan fingerprint density at radius 1 is 1.35 bits per heavy atom. The zero-order valence-corrected chi connectivity index (χ0v) is 13.4. The second-order valence-electron chi connectivity index (χ2n) is 6.73. The Kier molecular flexibility index (Phi) is 4.15. The van der Waals surface area contributed by atoms with Crippen LogP contribution in [0.5, 0.6) is 0 Å². The molecule has 3 atom stereocenters. The van der Waals surface area contributed by atoms with Crippen molar-refractivity contribution >= 4 is 17.3 Å². The average Bonchev–Trinajstić information content (AvgIpc) is 3.15. The molecule has 2 fully saturated rings. The minimum absolute atomic E-state index is 0.0496. The molecule has 6 heteroatoms. The molecular weight excluding hydrogens is 294 g/mol. The van der Waals surface area contributed by atoms with Gasteiger partial charge < -0.3 is 0 Å². The highest BCUT2D eigenvalue weighted by atomic mass is 16.6. The normalized spacial score (nSPS) is 26.3. The van der Waals surface area contributed by atoms with E-state index in [-0.39, 0.29) is 11.3 Å². The molecule has 0 aliphatic heterocycles. The number of nitrogens with one attached hydrogen (secondary N) is 1. The van der Waals surface area contributed by atoms with Gasteiger partial charge in [0.05, 0.1) is 4.92 Å². The van der Waals surface area contributed by atoms with Gasteiger partial charge in [-0.25, -0.2) is 5.43 Å². The molecule has 23 heavy (non-hydrogen) atoms. The molecule has 1 aromatic carbocycles. The fraction of sp³-hybridized carbons (Fsp3) is 0.529. The first kappa shape index (κ1) is 15.6. The van der Waals surface area contributed by atoms with Crippen LogP contribution in [0.25, 0.3) is 0 Å². The van der Waals surface area contributed by atoms with Crippen molar-refractivity contribution in [1.29, 1.82) is 0 Å². The number of nitro benzene ring substituents is 1. The van der Waals surface area contributed by atoms with E-state index < -0.39 is 10.8 Å². The van der Waals surface area contributed by atoms with Crippen LogP contribution in [0, 0.1) is 34.8 Å². The van der Waals surface area contributed by atoms with Gasteiger partial charge in [-0.1, -0.05) is 12.5 Å². The summed E-state index contributed by atoms with van der Waals surface area (Å²) in [5, 5.41) is 15.2. The highest BCUT2D eigenvalue weighted by Crippen LogP contribution is 2.48. The molecule has 0 spiro atoms. The smallest absolute Gasteiger partial charge is 0.267 e. The highest BCUT2D eigenvalue weighted by molar-refractivity contribution is 5.96. The summed E-state index contributed by atoms with van der Waals surface area (Å²) in [6.07, 6.45) is 5.05. The van der Waals surface area contributed by atoms with E-state index in [4.69, 9.17) is 0 Å². The first-order chi connectivity index (χ1) is 11.0. The van der Waals surface area contributed by atoms with Gasteiger partial charge in [0.2, 0.25) is 0 Å². The molecule has 0 radical (unpaired) electrons. The van der Waals surface area contributed by atoms with E-state index >= 15 is 0 Å². The monoisotopic (exact) mass is 315 g/mol. The van der Waals surface area contributed by atoms with Gasteiger partial charge in [0, 0.05) is 28.8 Å². The van der Waals surface area contributed by atoms with Gasteiger partial charge in [0.25, 0.3) is 11.6 Å². The van der Waals surface area contributed by atoms with Crippen LogP contribution < -0.4 is 5.43 Å². The van der Waals surface area contributed by atoms with Gasteiger partial charge in [-0.2, -0.15) is 5.10 Å². The Balaban J connectivity index is 1.68. The first-order valence-electron chi connectivity index (χ1n) is 8.05. The van der Waals surface area contributed by atoms with Gasteiger partial charge in [-0.15, -0.1) is 0 Å². The number of nitro groups is 1. The SMILES string of the molecule is CC(=NNC(=O)c1ccc(C)c([N+](=O)[O-])c1)C1CC2CCC1C2. The molecule has 122 valence electrons. The van der Waals surface area contributed by atoms with Crippen LogP contribution in [0.2, 0.25) is 0 Å². The molecule has 1 amide bonds. The van der Waals surface area contributed by atoms with Gasteiger partial charge in [-0.3, -0.25) is 14.9 Å². The molecule has 3 rings (SSSR count). The van der Waals surface area contributed by atoms with Crippen LogP contribution >= 0.6 is 0 Å². The largest absolute Gasteiger partial charge is 0.273 e. The molecule has 0 aromatic heterocycles. The number of benzene rings is 1. The summed E-state index contributed by atoms with van der Waals surface area (Å²) in [6, 6.07) is 4.46. The first-order valence-corrected chi connectivity index (χ1v) is 8.05. The van der Waals surface area contributed by atoms with Crippen LogP contribution in [0.15, 0.2) is 23.3 Å². The van der Waals surface area contributed by atoms with Crippen LogP contribution in [-0.2, 0) is 0 Å². The number of carbonyl (C=O) groups is 1. The van der Waals surface area contributed by atoms with Crippen LogP contribution in [0.1, 0.15) is 48.5 Å². The molecule has 2 aliphatic rings. The van der Waals surface area contributed by atoms with E-state index in [1.165, 1.54) is 31.7 Å². The summed E-state index contributed by atoms with van der Waals surface area (Å²) in [5.41, 5.74) is 4.25. The fourth-order valence-corrected chi connectivity index (χ4v) is 3.99. The number of nitrogens with zero attached hydrogens (tertiary/aromatic N) is 2. The Morgan fingerprint density at radius 2 is 2.13 bits per heavy atom. The van der Waals surface area contributed by atoms with E-state index in [1.54, 1.807) is 19.1 Å².